The van der Waals surface area contributed by atoms with E-state index in [1.54, 1.807) is 6.07 Å². The summed E-state index contributed by atoms with van der Waals surface area (Å²) in [6.45, 7) is -0.433. The van der Waals surface area contributed by atoms with E-state index in [0.717, 1.165) is 0 Å². The van der Waals surface area contributed by atoms with Crippen molar-refractivity contribution >= 4 is 0 Å². The molecule has 5 heteroatoms. The van der Waals surface area contributed by atoms with Crippen molar-refractivity contribution in [1.29, 1.82) is 5.26 Å². The van der Waals surface area contributed by atoms with Crippen molar-refractivity contribution in [3.05, 3.63) is 0 Å². The third kappa shape index (κ3) is 7.24. The molecule has 0 atom stereocenters. The lowest BCUT2D eigenvalue weighted by Gasteiger charge is -2.04. The molecule has 10 heavy (non-hydrogen) atoms. The summed E-state index contributed by atoms with van der Waals surface area (Å²) in [5.41, 5.74) is 0. The van der Waals surface area contributed by atoms with Gasteiger partial charge in [0.1, 0.15) is 0 Å². The fourth-order valence-corrected chi connectivity index (χ4v) is 0.339. The molecule has 0 bridgehead atoms. The third-order valence-electron chi connectivity index (χ3n) is 0.699. The Hall–Kier alpha value is -0.760. The van der Waals surface area contributed by atoms with E-state index in [2.05, 4.69) is 4.74 Å². The molecule has 0 aliphatic heterocycles. The van der Waals surface area contributed by atoms with Gasteiger partial charge in [-0.05, 0) is 6.42 Å². The van der Waals surface area contributed by atoms with Gasteiger partial charge < -0.3 is 0 Å². The van der Waals surface area contributed by atoms with E-state index in [9.17, 15) is 13.2 Å². The molecule has 0 N–H and O–H groups in total. The molecule has 0 rings (SSSR count). The van der Waals surface area contributed by atoms with Gasteiger partial charge in [0.25, 0.3) is 0 Å². The molecule has 0 radical (unpaired) electrons. The fourth-order valence-electron chi connectivity index (χ4n) is 0.339. The van der Waals surface area contributed by atoms with Crippen molar-refractivity contribution in [3.8, 4) is 6.07 Å². The van der Waals surface area contributed by atoms with Gasteiger partial charge in [0.05, 0.1) is 12.7 Å². The normalized spacial score (nSPS) is 11.0. The summed E-state index contributed by atoms with van der Waals surface area (Å²) in [6.07, 6.45) is -4.35. The highest BCUT2D eigenvalue weighted by Crippen LogP contribution is 2.16. The molecule has 0 saturated heterocycles. The number of hydrogen-bond acceptors (Lipinski definition) is 2. The number of nitriles is 1. The molecule has 58 valence electrons. The highest BCUT2D eigenvalue weighted by Gasteiger charge is 2.28. The highest BCUT2D eigenvalue weighted by atomic mass is 19.4. The Morgan fingerprint density at radius 1 is 1.40 bits per heavy atom. The second-order valence-electron chi connectivity index (χ2n) is 1.56. The zero-order valence-corrected chi connectivity index (χ0v) is 5.11. The van der Waals surface area contributed by atoms with Crippen LogP contribution in [0.2, 0.25) is 0 Å². The van der Waals surface area contributed by atoms with Crippen molar-refractivity contribution < 1.29 is 17.9 Å². The monoisotopic (exact) mass is 153 g/mol. The number of halogens is 3. The number of nitrogens with zero attached hydrogens (tertiary/aromatic N) is 1. The topological polar surface area (TPSA) is 33.0 Å². The van der Waals surface area contributed by atoms with Crippen molar-refractivity contribution in [2.24, 2.45) is 0 Å². The first-order valence-electron chi connectivity index (χ1n) is 2.64. The lowest BCUT2D eigenvalue weighted by atomic mass is 10.3. The molecule has 0 unspecified atom stereocenters. The van der Waals surface area contributed by atoms with Crippen LogP contribution in [0.25, 0.3) is 0 Å². The van der Waals surface area contributed by atoms with Crippen LogP contribution >= 0.6 is 0 Å². The van der Waals surface area contributed by atoms with Crippen LogP contribution in [0.15, 0.2) is 0 Å². The van der Waals surface area contributed by atoms with Gasteiger partial charge >= 0.3 is 6.36 Å². The van der Waals surface area contributed by atoms with Gasteiger partial charge in [-0.1, -0.05) is 0 Å². The van der Waals surface area contributed by atoms with Gasteiger partial charge in [0, 0.05) is 6.42 Å². The van der Waals surface area contributed by atoms with Crippen LogP contribution in [0.3, 0.4) is 0 Å². The van der Waals surface area contributed by atoms with Crippen LogP contribution < -0.4 is 0 Å². The van der Waals surface area contributed by atoms with Gasteiger partial charge in [0.2, 0.25) is 0 Å². The van der Waals surface area contributed by atoms with Crippen LogP contribution in [0.5, 0.6) is 0 Å². The van der Waals surface area contributed by atoms with Gasteiger partial charge in [-0.3, -0.25) is 4.74 Å². The summed E-state index contributed by atoms with van der Waals surface area (Å²) in [6, 6.07) is 1.71. The largest absolute Gasteiger partial charge is 0.522 e. The van der Waals surface area contributed by atoms with Gasteiger partial charge in [-0.2, -0.15) is 5.26 Å². The van der Waals surface area contributed by atoms with Crippen LogP contribution in [-0.4, -0.2) is 13.0 Å². The molecule has 0 fully saturated rings. The number of unbranched alkanes of at least 4 members (excludes halogenated alkanes) is 1. The summed E-state index contributed by atoms with van der Waals surface area (Å²) in [5, 5.41) is 7.91. The first-order valence-corrected chi connectivity index (χ1v) is 2.64. The van der Waals surface area contributed by atoms with Crippen LogP contribution in [0, 0.1) is 11.3 Å². The zero-order valence-electron chi connectivity index (χ0n) is 5.11. The lowest BCUT2D eigenvalue weighted by molar-refractivity contribution is -0.324. The predicted octanol–water partition coefficient (Wildman–Crippen LogP) is 1.83. The Morgan fingerprint density at radius 2 is 2.00 bits per heavy atom. The smallest absolute Gasteiger partial charge is 0.292 e. The first-order chi connectivity index (χ1) is 4.56. The molecule has 0 amide bonds. The molecule has 0 aliphatic carbocycles. The summed E-state index contributed by atoms with van der Waals surface area (Å²) in [5.74, 6) is 0. The summed E-state index contributed by atoms with van der Waals surface area (Å²) < 4.78 is 36.9. The average molecular weight is 153 g/mol. The Morgan fingerprint density at radius 3 is 2.40 bits per heavy atom. The molecule has 0 saturated carbocycles. The third-order valence-corrected chi connectivity index (χ3v) is 0.699. The maximum Gasteiger partial charge on any atom is 0.522 e. The lowest BCUT2D eigenvalue weighted by Crippen LogP contribution is -2.13. The number of rotatable bonds is 3. The van der Waals surface area contributed by atoms with E-state index in [1.165, 1.54) is 0 Å². The van der Waals surface area contributed by atoms with Gasteiger partial charge in [-0.15, -0.1) is 13.2 Å². The minimum absolute atomic E-state index is 0.0933. The number of hydrogen-bond donors (Lipinski definition) is 0. The molecule has 0 spiro atoms. The Labute approximate surface area is 56.2 Å². The van der Waals surface area contributed by atoms with E-state index in [4.69, 9.17) is 5.26 Å². The summed E-state index contributed by atoms with van der Waals surface area (Å²) >= 11 is 0. The van der Waals surface area contributed by atoms with Crippen LogP contribution in [0.4, 0.5) is 13.2 Å². The molecule has 2 nitrogen and oxygen atoms in total. The molecule has 0 heterocycles. The van der Waals surface area contributed by atoms with Crippen LogP contribution in [-0.2, 0) is 4.74 Å². The maximum absolute atomic E-state index is 11.2. The van der Waals surface area contributed by atoms with E-state index < -0.39 is 13.0 Å². The van der Waals surface area contributed by atoms with E-state index in [0.29, 0.717) is 0 Å². The average Bonchev–Trinajstić information content (AvgIpc) is 1.78. The zero-order chi connectivity index (χ0) is 8.04. The number of alkyl halides is 3. The quantitative estimate of drug-likeness (QED) is 0.579. The highest BCUT2D eigenvalue weighted by molar-refractivity contribution is 4.67. The van der Waals surface area contributed by atoms with E-state index in [1.807, 2.05) is 0 Å². The molecule has 0 aromatic carbocycles. The van der Waals surface area contributed by atoms with Crippen molar-refractivity contribution in [1.82, 2.24) is 0 Å². The standard InChI is InChI=1S/C5H6F3NO/c6-5(7,8)10-4-2-1-3-9/h1-2,4H2. The van der Waals surface area contributed by atoms with E-state index >= 15 is 0 Å². The minimum atomic E-state index is -4.56. The molecule has 0 aromatic heterocycles. The number of ether oxygens (including phenoxy) is 1. The first kappa shape index (κ1) is 9.24. The molecular weight excluding hydrogens is 147 g/mol. The Kier molecular flexibility index (Phi) is 3.81. The van der Waals surface area contributed by atoms with E-state index in [-0.39, 0.29) is 12.8 Å². The molecule has 0 aliphatic rings. The minimum Gasteiger partial charge on any atom is -0.292 e. The van der Waals surface area contributed by atoms with Crippen LogP contribution in [0.1, 0.15) is 12.8 Å². The van der Waals surface area contributed by atoms with Crippen molar-refractivity contribution in [3.63, 3.8) is 0 Å². The SMILES string of the molecule is N#CCCCOC(F)(F)F. The van der Waals surface area contributed by atoms with Gasteiger partial charge in [0.15, 0.2) is 0 Å². The fraction of sp³-hybridized carbons (Fsp3) is 0.800. The predicted molar refractivity (Wildman–Crippen MR) is 26.9 cm³/mol. The Balaban J connectivity index is 3.14. The Bertz CT molecular complexity index is 126. The van der Waals surface area contributed by atoms with Crippen molar-refractivity contribution in [2.45, 2.75) is 19.2 Å². The molecule has 0 aromatic rings. The van der Waals surface area contributed by atoms with Crippen molar-refractivity contribution in [2.75, 3.05) is 6.61 Å². The van der Waals surface area contributed by atoms with Gasteiger partial charge in [-0.25, -0.2) is 0 Å². The summed E-state index contributed by atoms with van der Waals surface area (Å²) in [7, 11) is 0. The second-order valence-corrected chi connectivity index (χ2v) is 1.56. The second kappa shape index (κ2) is 4.12. The maximum atomic E-state index is 11.2. The summed E-state index contributed by atoms with van der Waals surface area (Å²) in [4.78, 5) is 0. The molecular formula is C5H6F3NO.